The summed E-state index contributed by atoms with van der Waals surface area (Å²) in [7, 11) is 0. The van der Waals surface area contributed by atoms with Crippen molar-refractivity contribution in [2.24, 2.45) is 0 Å². The van der Waals surface area contributed by atoms with E-state index in [2.05, 4.69) is 338 Å². The van der Waals surface area contributed by atoms with E-state index in [1.807, 2.05) is 107 Å². The van der Waals surface area contributed by atoms with Gasteiger partial charge >= 0.3 is 0 Å². The fourth-order valence-corrected chi connectivity index (χ4v) is 20.1. The van der Waals surface area contributed by atoms with Gasteiger partial charge in [0.05, 0.1) is 72.8 Å². The Balaban J connectivity index is 0.000000107. The third kappa shape index (κ3) is 12.9. The molecular formula is C108H67N7S3. The molecule has 10 heteroatoms. The van der Waals surface area contributed by atoms with Crippen molar-refractivity contribution in [2.45, 2.75) is 0 Å². The lowest BCUT2D eigenvalue weighted by Crippen LogP contribution is -1.95. The van der Waals surface area contributed by atoms with Gasteiger partial charge in [0.1, 0.15) is 0 Å². The zero-order chi connectivity index (χ0) is 78.0. The number of para-hydroxylation sites is 4. The number of fused-ring (bicyclic) bond motifs is 15. The molecule has 0 radical (unpaired) electrons. The molecule has 0 N–H and O–H groups in total. The van der Waals surface area contributed by atoms with Crippen molar-refractivity contribution < 1.29 is 0 Å². The molecule has 0 fully saturated rings. The van der Waals surface area contributed by atoms with Gasteiger partial charge in [-0.3, -0.25) is 4.98 Å². The van der Waals surface area contributed by atoms with Gasteiger partial charge in [-0.1, -0.05) is 291 Å². The monoisotopic (exact) mass is 1560 g/mol. The van der Waals surface area contributed by atoms with E-state index in [4.69, 9.17) is 29.9 Å². The van der Waals surface area contributed by atoms with Crippen molar-refractivity contribution in [3.63, 3.8) is 0 Å². The van der Waals surface area contributed by atoms with E-state index in [1.54, 1.807) is 0 Å². The molecule has 0 atom stereocenters. The standard InChI is InChI=1S/C38H23N3S.C38H24N2S.C32H20N2S/c1-2-9-26(10-3-1)41-34-14-6-4-11-27(34)28-18-17-25(21-35(28)41)38-31-13-8-20-39-33(31)23-32(40-38)24-16-19-30-29-12-5-7-15-36(29)42-37(30)22-24;1-2-9-25(10-3-1)28-11-8-12-29(23-28)26-17-19-27(20-18-26)37-38(40-34-15-6-5-14-33(34)39-37)30-21-22-32-31-13-4-7-16-35(31)41-36(32)24-30;1-3-9-21(10-4-1)31-32(22-11-5-2-6-12-22)34-28-19-23(16-18-27(28)33-31)24-15-17-26-25-13-7-8-14-29(25)35-30(26)20-24/h1-23H;1-24H;1-20H. The van der Waals surface area contributed by atoms with E-state index >= 15 is 0 Å². The van der Waals surface area contributed by atoms with Crippen LogP contribution in [0.4, 0.5) is 0 Å². The van der Waals surface area contributed by atoms with Crippen LogP contribution < -0.4 is 0 Å². The zero-order valence-electron chi connectivity index (χ0n) is 63.5. The topological polar surface area (TPSA) is 82.3 Å². The van der Waals surface area contributed by atoms with Crippen LogP contribution in [0.5, 0.6) is 0 Å². The third-order valence-corrected chi connectivity index (χ3v) is 25.8. The highest BCUT2D eigenvalue weighted by Gasteiger charge is 2.21. The summed E-state index contributed by atoms with van der Waals surface area (Å²) >= 11 is 5.50. The number of hydrogen-bond acceptors (Lipinski definition) is 9. The van der Waals surface area contributed by atoms with Gasteiger partial charge in [0.15, 0.2) is 0 Å². The highest BCUT2D eigenvalue weighted by molar-refractivity contribution is 7.26. The number of aromatic nitrogens is 7. The molecule has 552 valence electrons. The second kappa shape index (κ2) is 29.9. The number of rotatable bonds is 10. The van der Waals surface area contributed by atoms with Crippen LogP contribution >= 0.6 is 34.0 Å². The van der Waals surface area contributed by atoms with Crippen LogP contribution in [0, 0.1) is 0 Å². The van der Waals surface area contributed by atoms with Gasteiger partial charge < -0.3 is 4.57 Å². The van der Waals surface area contributed by atoms with Gasteiger partial charge in [-0.25, -0.2) is 24.9 Å². The van der Waals surface area contributed by atoms with Gasteiger partial charge in [-0.15, -0.1) is 34.0 Å². The van der Waals surface area contributed by atoms with Crippen molar-refractivity contribution in [3.05, 3.63) is 407 Å². The van der Waals surface area contributed by atoms with Crippen molar-refractivity contribution in [2.75, 3.05) is 0 Å². The number of hydrogen-bond donors (Lipinski definition) is 0. The van der Waals surface area contributed by atoms with Gasteiger partial charge in [0, 0.05) is 122 Å². The highest BCUT2D eigenvalue weighted by atomic mass is 32.1. The summed E-state index contributed by atoms with van der Waals surface area (Å²) in [6, 6.07) is 141. The summed E-state index contributed by atoms with van der Waals surface area (Å²) in [5.41, 5.74) is 27.1. The number of thiophene rings is 3. The first-order valence-electron chi connectivity index (χ1n) is 39.5. The summed E-state index contributed by atoms with van der Waals surface area (Å²) < 4.78 is 10.1. The molecule has 0 spiro atoms. The molecule has 8 aromatic heterocycles. The van der Waals surface area contributed by atoms with Crippen molar-refractivity contribution >= 4 is 149 Å². The lowest BCUT2D eigenvalue weighted by Gasteiger charge is -2.12. The molecular weight excluding hydrogens is 1490 g/mol. The van der Waals surface area contributed by atoms with E-state index < -0.39 is 0 Å². The van der Waals surface area contributed by atoms with Gasteiger partial charge in [0.2, 0.25) is 0 Å². The van der Waals surface area contributed by atoms with Gasteiger partial charge in [0.25, 0.3) is 0 Å². The predicted octanol–water partition coefficient (Wildman–Crippen LogP) is 30.1. The molecule has 24 rings (SSSR count). The minimum atomic E-state index is 0.897. The van der Waals surface area contributed by atoms with Crippen molar-refractivity contribution in [1.29, 1.82) is 0 Å². The van der Waals surface area contributed by atoms with Crippen LogP contribution in [-0.2, 0) is 0 Å². The summed E-state index contributed by atoms with van der Waals surface area (Å²) in [6.07, 6.45) is 1.86. The Bertz CT molecular complexity index is 7990. The Morgan fingerprint density at radius 3 is 1.14 bits per heavy atom. The van der Waals surface area contributed by atoms with Crippen molar-refractivity contribution in [3.8, 4) is 107 Å². The van der Waals surface area contributed by atoms with E-state index in [9.17, 15) is 0 Å². The van der Waals surface area contributed by atoms with Crippen LogP contribution in [-0.4, -0.2) is 34.5 Å². The van der Waals surface area contributed by atoms with Crippen LogP contribution in [0.15, 0.2) is 407 Å². The molecule has 0 unspecified atom stereocenters. The predicted molar refractivity (Wildman–Crippen MR) is 501 cm³/mol. The first-order chi connectivity index (χ1) is 58.4. The quantitative estimate of drug-likeness (QED) is 0.136. The summed E-state index contributed by atoms with van der Waals surface area (Å²) in [4.78, 5) is 30.6. The Hall–Kier alpha value is -14.8. The lowest BCUT2D eigenvalue weighted by atomic mass is 9.97. The van der Waals surface area contributed by atoms with Crippen LogP contribution in [0.2, 0.25) is 0 Å². The Kier molecular flexibility index (Phi) is 17.7. The summed E-state index contributed by atoms with van der Waals surface area (Å²) in [5, 5.41) is 11.3. The lowest BCUT2D eigenvalue weighted by molar-refractivity contribution is 1.18. The average molecular weight is 1560 g/mol. The minimum Gasteiger partial charge on any atom is -0.309 e. The molecule has 0 aliphatic carbocycles. The smallest absolute Gasteiger partial charge is 0.0973 e. The molecule has 0 amide bonds. The maximum Gasteiger partial charge on any atom is 0.0973 e. The Morgan fingerprint density at radius 2 is 0.542 bits per heavy atom. The normalized spacial score (nSPS) is 11.6. The van der Waals surface area contributed by atoms with Gasteiger partial charge in [-0.05, 0) is 143 Å². The van der Waals surface area contributed by atoms with E-state index in [1.165, 1.54) is 105 Å². The minimum absolute atomic E-state index is 0.897. The fraction of sp³-hybridized carbons (Fsp3) is 0. The van der Waals surface area contributed by atoms with Crippen molar-refractivity contribution in [1.82, 2.24) is 34.5 Å². The van der Waals surface area contributed by atoms with Crippen LogP contribution in [0.1, 0.15) is 0 Å². The number of benzene rings is 16. The zero-order valence-corrected chi connectivity index (χ0v) is 66.0. The fourth-order valence-electron chi connectivity index (χ4n) is 16.6. The maximum absolute atomic E-state index is 5.32. The SMILES string of the molecule is c1ccc(-c2cccc(-c3ccc(-c4nc5ccccc5nc4-c4ccc5c(c4)sc4ccccc45)cc3)c2)cc1.c1ccc(-c2nc3ccc(-c4ccc5c(c4)sc4ccccc45)cc3nc2-c2ccccc2)cc1.c1ccc(-n2c3ccccc3c3ccc(-c4nc(-c5ccc6c(c5)sc5ccccc56)cc5ncccc45)cc32)cc1. The molecule has 16 aromatic carbocycles. The Labute approximate surface area is 691 Å². The number of nitrogens with zero attached hydrogens (tertiary/aromatic N) is 7. The summed E-state index contributed by atoms with van der Waals surface area (Å²) in [6.45, 7) is 0. The van der Waals surface area contributed by atoms with E-state index in [0.29, 0.717) is 0 Å². The van der Waals surface area contributed by atoms with E-state index in [0.717, 1.165) is 117 Å². The molecule has 7 nitrogen and oxygen atoms in total. The first-order valence-corrected chi connectivity index (χ1v) is 42.0. The largest absolute Gasteiger partial charge is 0.309 e. The third-order valence-electron chi connectivity index (χ3n) is 22.4. The first kappa shape index (κ1) is 69.9. The average Bonchev–Trinajstić information content (AvgIpc) is 1.57. The molecule has 0 bridgehead atoms. The second-order valence-corrected chi connectivity index (χ2v) is 32.8. The second-order valence-electron chi connectivity index (χ2n) is 29.6. The molecule has 8 heterocycles. The molecule has 24 aromatic rings. The number of pyridine rings is 2. The molecule has 0 saturated heterocycles. The van der Waals surface area contributed by atoms with Crippen LogP contribution in [0.25, 0.3) is 222 Å². The molecule has 0 saturated carbocycles. The Morgan fingerprint density at radius 1 is 0.178 bits per heavy atom. The van der Waals surface area contributed by atoms with Crippen LogP contribution in [0.3, 0.4) is 0 Å². The highest BCUT2D eigenvalue weighted by Crippen LogP contribution is 2.44. The molecule has 0 aliphatic rings. The molecule has 118 heavy (non-hydrogen) atoms. The van der Waals surface area contributed by atoms with Gasteiger partial charge in [-0.2, -0.15) is 0 Å². The van der Waals surface area contributed by atoms with E-state index in [-0.39, 0.29) is 0 Å². The summed E-state index contributed by atoms with van der Waals surface area (Å²) in [5.74, 6) is 0. The maximum atomic E-state index is 5.32. The molecule has 0 aliphatic heterocycles.